The highest BCUT2D eigenvalue weighted by molar-refractivity contribution is 7.98. The van der Waals surface area contributed by atoms with Crippen LogP contribution < -0.4 is 0 Å². The van der Waals surface area contributed by atoms with Crippen LogP contribution in [0, 0.1) is 11.3 Å². The van der Waals surface area contributed by atoms with Crippen LogP contribution in [-0.2, 0) is 0 Å². The molecule has 0 saturated heterocycles. The van der Waals surface area contributed by atoms with Gasteiger partial charge in [0.25, 0.3) is 0 Å². The normalized spacial score (nSPS) is 14.4. The Morgan fingerprint density at radius 2 is 2.14 bits per heavy atom. The summed E-state index contributed by atoms with van der Waals surface area (Å²) in [6, 6.07) is 8.73. The van der Waals surface area contributed by atoms with Gasteiger partial charge in [-0.3, -0.25) is 0 Å². The molecule has 0 aliphatic carbocycles. The predicted molar refractivity (Wildman–Crippen MR) is 54.8 cm³/mol. The molecule has 0 heterocycles. The number of thioether (sulfide) groups is 1. The van der Waals surface area contributed by atoms with Gasteiger partial charge in [0.05, 0.1) is 6.07 Å². The maximum absolute atomic E-state index is 9.53. The summed E-state index contributed by atoms with van der Waals surface area (Å²) in [5, 5.41) is 27.1. The molecule has 0 saturated carbocycles. The second-order valence-electron chi connectivity index (χ2n) is 2.80. The number of aliphatic hydroxyl groups is 2. The van der Waals surface area contributed by atoms with E-state index in [0.29, 0.717) is 5.56 Å². The summed E-state index contributed by atoms with van der Waals surface area (Å²) < 4.78 is 0. The Morgan fingerprint density at radius 1 is 1.43 bits per heavy atom. The van der Waals surface area contributed by atoms with Crippen molar-refractivity contribution in [3.63, 3.8) is 0 Å². The highest BCUT2D eigenvalue weighted by Crippen LogP contribution is 2.22. The molecule has 1 aromatic rings. The average Bonchev–Trinajstić information content (AvgIpc) is 2.27. The third-order valence-corrected chi connectivity index (χ3v) is 2.59. The first-order valence-corrected chi connectivity index (χ1v) is 5.31. The number of rotatable bonds is 3. The van der Waals surface area contributed by atoms with E-state index in [2.05, 4.69) is 0 Å². The van der Waals surface area contributed by atoms with Crippen molar-refractivity contribution in [1.82, 2.24) is 0 Å². The molecule has 14 heavy (non-hydrogen) atoms. The molecule has 2 unspecified atom stereocenters. The van der Waals surface area contributed by atoms with Gasteiger partial charge in [0, 0.05) is 4.90 Å². The summed E-state index contributed by atoms with van der Waals surface area (Å²) in [6.45, 7) is 0. The van der Waals surface area contributed by atoms with E-state index in [1.54, 1.807) is 36.0 Å². The van der Waals surface area contributed by atoms with E-state index in [0.717, 1.165) is 4.90 Å². The third-order valence-electron chi connectivity index (χ3n) is 1.87. The predicted octanol–water partition coefficient (Wildman–Crippen LogP) is 1.33. The number of benzene rings is 1. The monoisotopic (exact) mass is 209 g/mol. The van der Waals surface area contributed by atoms with Gasteiger partial charge in [-0.2, -0.15) is 5.26 Å². The molecule has 0 fully saturated rings. The second kappa shape index (κ2) is 5.01. The van der Waals surface area contributed by atoms with E-state index < -0.39 is 12.2 Å². The van der Waals surface area contributed by atoms with Crippen molar-refractivity contribution >= 4 is 11.8 Å². The largest absolute Gasteiger partial charge is 0.385 e. The molecule has 0 aliphatic heterocycles. The lowest BCUT2D eigenvalue weighted by Gasteiger charge is -2.12. The first-order chi connectivity index (χ1) is 6.69. The molecule has 0 amide bonds. The van der Waals surface area contributed by atoms with Gasteiger partial charge >= 0.3 is 0 Å². The number of nitrogens with zero attached hydrogens (tertiary/aromatic N) is 1. The van der Waals surface area contributed by atoms with Crippen molar-refractivity contribution in [3.05, 3.63) is 29.8 Å². The Kier molecular flexibility index (Phi) is 3.96. The van der Waals surface area contributed by atoms with E-state index >= 15 is 0 Å². The summed E-state index contributed by atoms with van der Waals surface area (Å²) >= 11 is 1.54. The van der Waals surface area contributed by atoms with Crippen molar-refractivity contribution in [2.24, 2.45) is 0 Å². The van der Waals surface area contributed by atoms with Gasteiger partial charge in [0.15, 0.2) is 6.10 Å². The molecule has 0 aliphatic rings. The van der Waals surface area contributed by atoms with E-state index in [1.807, 2.05) is 12.3 Å². The van der Waals surface area contributed by atoms with Crippen LogP contribution in [-0.4, -0.2) is 22.6 Å². The molecular formula is C10H11NO2S. The summed E-state index contributed by atoms with van der Waals surface area (Å²) in [7, 11) is 0. The van der Waals surface area contributed by atoms with Gasteiger partial charge in [0.1, 0.15) is 6.10 Å². The molecule has 0 spiro atoms. The smallest absolute Gasteiger partial charge is 0.170 e. The second-order valence-corrected chi connectivity index (χ2v) is 3.68. The van der Waals surface area contributed by atoms with Crippen molar-refractivity contribution in [1.29, 1.82) is 5.26 Å². The minimum Gasteiger partial charge on any atom is -0.385 e. The van der Waals surface area contributed by atoms with Gasteiger partial charge in [-0.1, -0.05) is 12.1 Å². The molecule has 1 aromatic carbocycles. The van der Waals surface area contributed by atoms with E-state index in [9.17, 15) is 5.11 Å². The summed E-state index contributed by atoms with van der Waals surface area (Å²) in [5.41, 5.74) is 0.561. The average molecular weight is 209 g/mol. The Hall–Kier alpha value is -1.02. The summed E-state index contributed by atoms with van der Waals surface area (Å²) in [6.07, 6.45) is -0.578. The molecule has 0 bridgehead atoms. The fourth-order valence-electron chi connectivity index (χ4n) is 1.08. The van der Waals surface area contributed by atoms with Crippen LogP contribution in [0.1, 0.15) is 11.7 Å². The minimum atomic E-state index is -1.37. The molecular weight excluding hydrogens is 198 g/mol. The van der Waals surface area contributed by atoms with E-state index in [1.165, 1.54) is 0 Å². The summed E-state index contributed by atoms with van der Waals surface area (Å²) in [4.78, 5) is 0.992. The number of hydrogen-bond donors (Lipinski definition) is 2. The lowest BCUT2D eigenvalue weighted by Crippen LogP contribution is -2.15. The van der Waals surface area contributed by atoms with Crippen LogP contribution in [0.15, 0.2) is 29.2 Å². The SMILES string of the molecule is CSc1cccc(C(O)C(O)C#N)c1. The zero-order valence-electron chi connectivity index (χ0n) is 7.71. The van der Waals surface area contributed by atoms with Crippen LogP contribution in [0.2, 0.25) is 0 Å². The zero-order chi connectivity index (χ0) is 10.6. The summed E-state index contributed by atoms with van der Waals surface area (Å²) in [5.74, 6) is 0. The van der Waals surface area contributed by atoms with E-state index in [4.69, 9.17) is 10.4 Å². The molecule has 0 radical (unpaired) electrons. The third kappa shape index (κ3) is 2.48. The lowest BCUT2D eigenvalue weighted by atomic mass is 10.1. The molecule has 1 rings (SSSR count). The molecule has 2 N–H and O–H groups in total. The van der Waals surface area contributed by atoms with Crippen LogP contribution >= 0.6 is 11.8 Å². The Balaban J connectivity index is 2.90. The fraction of sp³-hybridized carbons (Fsp3) is 0.300. The Labute approximate surface area is 87.0 Å². The molecule has 0 aromatic heterocycles. The zero-order valence-corrected chi connectivity index (χ0v) is 8.53. The Bertz CT molecular complexity index is 348. The van der Waals surface area contributed by atoms with Gasteiger partial charge < -0.3 is 10.2 Å². The molecule has 2 atom stereocenters. The van der Waals surface area contributed by atoms with Gasteiger partial charge in [-0.25, -0.2) is 0 Å². The standard InChI is InChI=1S/C10H11NO2S/c1-14-8-4-2-3-7(5-8)10(13)9(12)6-11/h2-5,9-10,12-13H,1H3. The van der Waals surface area contributed by atoms with Crippen LogP contribution in [0.4, 0.5) is 0 Å². The maximum atomic E-state index is 9.53. The highest BCUT2D eigenvalue weighted by Gasteiger charge is 2.17. The van der Waals surface area contributed by atoms with Gasteiger partial charge in [-0.05, 0) is 24.0 Å². The highest BCUT2D eigenvalue weighted by atomic mass is 32.2. The minimum absolute atomic E-state index is 0.561. The van der Waals surface area contributed by atoms with Crippen molar-refractivity contribution in [2.75, 3.05) is 6.26 Å². The van der Waals surface area contributed by atoms with Crippen molar-refractivity contribution in [2.45, 2.75) is 17.1 Å². The molecule has 4 heteroatoms. The van der Waals surface area contributed by atoms with Crippen molar-refractivity contribution in [3.8, 4) is 6.07 Å². The Morgan fingerprint density at radius 3 is 2.71 bits per heavy atom. The van der Waals surface area contributed by atoms with Gasteiger partial charge in [-0.15, -0.1) is 11.8 Å². The topological polar surface area (TPSA) is 64.2 Å². The molecule has 74 valence electrons. The number of aliphatic hydroxyl groups excluding tert-OH is 2. The maximum Gasteiger partial charge on any atom is 0.170 e. The fourth-order valence-corrected chi connectivity index (χ4v) is 1.55. The number of hydrogen-bond acceptors (Lipinski definition) is 4. The van der Waals surface area contributed by atoms with Crippen LogP contribution in [0.3, 0.4) is 0 Å². The quantitative estimate of drug-likeness (QED) is 0.582. The van der Waals surface area contributed by atoms with Crippen LogP contribution in [0.5, 0.6) is 0 Å². The number of nitriles is 1. The first kappa shape index (κ1) is 11.1. The van der Waals surface area contributed by atoms with E-state index in [-0.39, 0.29) is 0 Å². The van der Waals surface area contributed by atoms with Gasteiger partial charge in [0.2, 0.25) is 0 Å². The van der Waals surface area contributed by atoms with Crippen molar-refractivity contribution < 1.29 is 10.2 Å². The molecule has 3 nitrogen and oxygen atoms in total. The van der Waals surface area contributed by atoms with Crippen LogP contribution in [0.25, 0.3) is 0 Å². The first-order valence-electron chi connectivity index (χ1n) is 4.08. The lowest BCUT2D eigenvalue weighted by molar-refractivity contribution is 0.0526.